The third-order valence-electron chi connectivity index (χ3n) is 2.40. The van der Waals surface area contributed by atoms with E-state index in [-0.39, 0.29) is 0 Å². The molecule has 82 valence electrons. The van der Waals surface area contributed by atoms with Crippen LogP contribution in [0, 0.1) is 6.92 Å². The molecule has 0 amide bonds. The number of aryl methyl sites for hydroxylation is 1. The summed E-state index contributed by atoms with van der Waals surface area (Å²) in [7, 11) is 0. The van der Waals surface area contributed by atoms with Gasteiger partial charge < -0.3 is 5.73 Å². The highest BCUT2D eigenvalue weighted by molar-refractivity contribution is 5.80. The fraction of sp³-hybridized carbons (Fsp3) is 0.231. The van der Waals surface area contributed by atoms with E-state index in [1.807, 2.05) is 25.1 Å². The lowest BCUT2D eigenvalue weighted by atomic mass is 10.1. The molecule has 0 bridgehead atoms. The van der Waals surface area contributed by atoms with Crippen LogP contribution in [0.3, 0.4) is 0 Å². The Morgan fingerprint density at radius 1 is 1.31 bits per heavy atom. The van der Waals surface area contributed by atoms with Gasteiger partial charge in [0.25, 0.3) is 0 Å². The highest BCUT2D eigenvalue weighted by atomic mass is 14.8. The van der Waals surface area contributed by atoms with E-state index in [1.54, 1.807) is 6.92 Å². The van der Waals surface area contributed by atoms with Gasteiger partial charge in [-0.3, -0.25) is 9.98 Å². The summed E-state index contributed by atoms with van der Waals surface area (Å²) in [6.07, 6.45) is 0. The monoisotopic (exact) mass is 213 g/mol. The lowest BCUT2D eigenvalue weighted by Crippen LogP contribution is -2.05. The lowest BCUT2D eigenvalue weighted by Gasteiger charge is -2.02. The Kier molecular flexibility index (Phi) is 2.86. The second-order valence-corrected chi connectivity index (χ2v) is 3.94. The van der Waals surface area contributed by atoms with Gasteiger partial charge in [-0.25, -0.2) is 0 Å². The lowest BCUT2D eigenvalue weighted by molar-refractivity contribution is 1.06. The third-order valence-corrected chi connectivity index (χ3v) is 2.40. The molecule has 0 atom stereocenters. The number of benzene rings is 1. The number of nitrogens with two attached hydrogens (primary N) is 1. The molecule has 0 saturated carbocycles. The SMILES string of the molecule is CC(N)=NCc1ccc2nc(C)ccc2c1. The van der Waals surface area contributed by atoms with Crippen molar-refractivity contribution in [2.45, 2.75) is 20.4 Å². The highest BCUT2D eigenvalue weighted by Gasteiger charge is 1.97. The van der Waals surface area contributed by atoms with Crippen molar-refractivity contribution in [1.29, 1.82) is 0 Å². The van der Waals surface area contributed by atoms with Gasteiger partial charge in [-0.1, -0.05) is 12.1 Å². The topological polar surface area (TPSA) is 51.3 Å². The van der Waals surface area contributed by atoms with Crippen LogP contribution < -0.4 is 5.73 Å². The largest absolute Gasteiger partial charge is 0.388 e. The van der Waals surface area contributed by atoms with Crippen LogP contribution in [0.2, 0.25) is 0 Å². The van der Waals surface area contributed by atoms with Gasteiger partial charge in [-0.05, 0) is 37.6 Å². The van der Waals surface area contributed by atoms with Crippen molar-refractivity contribution in [1.82, 2.24) is 4.98 Å². The number of aromatic nitrogens is 1. The number of nitrogens with zero attached hydrogens (tertiary/aromatic N) is 2. The van der Waals surface area contributed by atoms with E-state index in [2.05, 4.69) is 22.1 Å². The first kappa shape index (κ1) is 10.6. The summed E-state index contributed by atoms with van der Waals surface area (Å²) in [5.41, 5.74) is 8.73. The maximum absolute atomic E-state index is 5.51. The zero-order valence-electron chi connectivity index (χ0n) is 9.57. The van der Waals surface area contributed by atoms with Crippen LogP contribution >= 0.6 is 0 Å². The second-order valence-electron chi connectivity index (χ2n) is 3.94. The van der Waals surface area contributed by atoms with Crippen molar-refractivity contribution < 1.29 is 0 Å². The maximum Gasteiger partial charge on any atom is 0.0909 e. The first-order valence-electron chi connectivity index (χ1n) is 5.28. The number of amidine groups is 1. The smallest absolute Gasteiger partial charge is 0.0909 e. The molecule has 0 saturated heterocycles. The Bertz CT molecular complexity index is 540. The average Bonchev–Trinajstić information content (AvgIpc) is 2.26. The fourth-order valence-corrected chi connectivity index (χ4v) is 1.59. The van der Waals surface area contributed by atoms with Crippen LogP contribution in [-0.4, -0.2) is 10.8 Å². The summed E-state index contributed by atoms with van der Waals surface area (Å²) in [6, 6.07) is 10.3. The highest BCUT2D eigenvalue weighted by Crippen LogP contribution is 2.15. The predicted molar refractivity (Wildman–Crippen MR) is 67.5 cm³/mol. The molecule has 0 radical (unpaired) electrons. The Hall–Kier alpha value is -1.90. The normalized spacial score (nSPS) is 12.0. The number of hydrogen-bond acceptors (Lipinski definition) is 2. The van der Waals surface area contributed by atoms with E-state index in [4.69, 9.17) is 5.73 Å². The maximum atomic E-state index is 5.51. The minimum absolute atomic E-state index is 0.613. The fourth-order valence-electron chi connectivity index (χ4n) is 1.59. The molecule has 3 nitrogen and oxygen atoms in total. The van der Waals surface area contributed by atoms with E-state index >= 15 is 0 Å². The first-order valence-corrected chi connectivity index (χ1v) is 5.28. The average molecular weight is 213 g/mol. The molecule has 1 heterocycles. The van der Waals surface area contributed by atoms with Gasteiger partial charge in [0.2, 0.25) is 0 Å². The molecular weight excluding hydrogens is 198 g/mol. The molecule has 2 rings (SSSR count). The molecule has 0 fully saturated rings. The minimum Gasteiger partial charge on any atom is -0.388 e. The molecular formula is C13H15N3. The van der Waals surface area contributed by atoms with Gasteiger partial charge in [-0.15, -0.1) is 0 Å². The Labute approximate surface area is 95.0 Å². The van der Waals surface area contributed by atoms with Gasteiger partial charge in [0.15, 0.2) is 0 Å². The minimum atomic E-state index is 0.613. The standard InChI is InChI=1S/C13H15N3/c1-9-3-5-12-7-11(8-15-10(2)14)4-6-13(12)16-9/h3-7H,8H2,1-2H3,(H2,14,15). The van der Waals surface area contributed by atoms with Gasteiger partial charge in [0, 0.05) is 11.1 Å². The number of fused-ring (bicyclic) bond motifs is 1. The zero-order valence-corrected chi connectivity index (χ0v) is 9.57. The van der Waals surface area contributed by atoms with E-state index in [0.717, 1.165) is 22.2 Å². The molecule has 0 aliphatic rings. The van der Waals surface area contributed by atoms with E-state index < -0.39 is 0 Å². The molecule has 0 unspecified atom stereocenters. The molecule has 1 aromatic heterocycles. The summed E-state index contributed by atoms with van der Waals surface area (Å²) in [4.78, 5) is 8.64. The van der Waals surface area contributed by atoms with Crippen molar-refractivity contribution in [3.63, 3.8) is 0 Å². The van der Waals surface area contributed by atoms with Crippen molar-refractivity contribution in [2.75, 3.05) is 0 Å². The molecule has 0 spiro atoms. The van der Waals surface area contributed by atoms with Gasteiger partial charge in [0.05, 0.1) is 17.9 Å². The van der Waals surface area contributed by atoms with Crippen LogP contribution in [0.1, 0.15) is 18.2 Å². The van der Waals surface area contributed by atoms with Gasteiger partial charge >= 0.3 is 0 Å². The quantitative estimate of drug-likeness (QED) is 0.615. The van der Waals surface area contributed by atoms with Crippen molar-refractivity contribution >= 4 is 16.7 Å². The molecule has 2 aromatic rings. The third kappa shape index (κ3) is 2.37. The molecule has 0 aliphatic heterocycles. The van der Waals surface area contributed by atoms with Crippen LogP contribution in [0.5, 0.6) is 0 Å². The zero-order chi connectivity index (χ0) is 11.5. The van der Waals surface area contributed by atoms with Gasteiger partial charge in [-0.2, -0.15) is 0 Å². The predicted octanol–water partition coefficient (Wildman–Crippen LogP) is 2.42. The summed E-state index contributed by atoms with van der Waals surface area (Å²) in [5.74, 6) is 0.613. The Morgan fingerprint density at radius 2 is 2.12 bits per heavy atom. The van der Waals surface area contributed by atoms with E-state index in [0.29, 0.717) is 12.4 Å². The number of aliphatic imine (C=N–C) groups is 1. The summed E-state index contributed by atoms with van der Waals surface area (Å²) in [6.45, 7) is 4.42. The van der Waals surface area contributed by atoms with Crippen molar-refractivity contribution in [3.05, 3.63) is 41.6 Å². The summed E-state index contributed by atoms with van der Waals surface area (Å²) >= 11 is 0. The van der Waals surface area contributed by atoms with Gasteiger partial charge in [0.1, 0.15) is 0 Å². The molecule has 2 N–H and O–H groups in total. The first-order chi connectivity index (χ1) is 7.65. The number of rotatable bonds is 2. The van der Waals surface area contributed by atoms with Crippen LogP contribution in [0.4, 0.5) is 0 Å². The van der Waals surface area contributed by atoms with Crippen LogP contribution in [0.25, 0.3) is 10.9 Å². The van der Waals surface area contributed by atoms with Crippen molar-refractivity contribution in [2.24, 2.45) is 10.7 Å². The molecule has 1 aromatic carbocycles. The Balaban J connectivity index is 2.37. The molecule has 3 heteroatoms. The second kappa shape index (κ2) is 4.31. The van der Waals surface area contributed by atoms with E-state index in [1.165, 1.54) is 0 Å². The van der Waals surface area contributed by atoms with Crippen LogP contribution in [0.15, 0.2) is 35.3 Å². The molecule has 0 aliphatic carbocycles. The summed E-state index contributed by atoms with van der Waals surface area (Å²) < 4.78 is 0. The number of hydrogen-bond donors (Lipinski definition) is 1. The number of pyridine rings is 1. The molecule has 16 heavy (non-hydrogen) atoms. The van der Waals surface area contributed by atoms with Crippen LogP contribution in [-0.2, 0) is 6.54 Å². The van der Waals surface area contributed by atoms with E-state index in [9.17, 15) is 0 Å². The summed E-state index contributed by atoms with van der Waals surface area (Å²) in [5, 5.41) is 1.15. The Morgan fingerprint density at radius 3 is 2.88 bits per heavy atom. The van der Waals surface area contributed by atoms with Crippen molar-refractivity contribution in [3.8, 4) is 0 Å².